The Balaban J connectivity index is 2.44. The molecule has 0 aliphatic heterocycles. The highest BCUT2D eigenvalue weighted by Crippen LogP contribution is 2.35. The molecule has 1 N–H and O–H groups in total. The van der Waals surface area contributed by atoms with Gasteiger partial charge in [0.15, 0.2) is 0 Å². The van der Waals surface area contributed by atoms with E-state index in [0.29, 0.717) is 6.54 Å². The molecular weight excluding hydrogens is 407 g/mol. The van der Waals surface area contributed by atoms with E-state index in [0.717, 1.165) is 22.7 Å². The van der Waals surface area contributed by atoms with Gasteiger partial charge in [0, 0.05) is 6.54 Å². The SMILES string of the molecule is CCCCNC(=O)CN(c1cccc(Cl)c1Cl)S(=O)(=O)c1ccc(C)cc1. The zero-order valence-corrected chi connectivity index (χ0v) is 17.5. The lowest BCUT2D eigenvalue weighted by Gasteiger charge is -2.25. The van der Waals surface area contributed by atoms with Gasteiger partial charge in [-0.25, -0.2) is 8.42 Å². The first kappa shape index (κ1) is 21.5. The number of sulfonamides is 1. The molecule has 8 heteroatoms. The molecule has 0 fully saturated rings. The summed E-state index contributed by atoms with van der Waals surface area (Å²) in [6.07, 6.45) is 1.74. The van der Waals surface area contributed by atoms with Gasteiger partial charge >= 0.3 is 0 Å². The van der Waals surface area contributed by atoms with Crippen LogP contribution in [0.4, 0.5) is 5.69 Å². The molecule has 5 nitrogen and oxygen atoms in total. The first-order valence-corrected chi connectivity index (χ1v) is 10.8. The van der Waals surface area contributed by atoms with Gasteiger partial charge in [-0.2, -0.15) is 0 Å². The van der Waals surface area contributed by atoms with Crippen LogP contribution in [0.1, 0.15) is 25.3 Å². The van der Waals surface area contributed by atoms with Crippen molar-refractivity contribution in [3.8, 4) is 0 Å². The van der Waals surface area contributed by atoms with Crippen LogP contribution < -0.4 is 9.62 Å². The summed E-state index contributed by atoms with van der Waals surface area (Å²) in [5, 5.41) is 3.02. The number of halogens is 2. The fourth-order valence-electron chi connectivity index (χ4n) is 2.41. The molecule has 2 rings (SSSR count). The molecule has 2 aromatic rings. The average Bonchev–Trinajstić information content (AvgIpc) is 2.63. The number of unbranched alkanes of at least 4 members (excludes halogenated alkanes) is 1. The third kappa shape index (κ3) is 5.37. The first-order valence-electron chi connectivity index (χ1n) is 8.57. The molecular formula is C19H22Cl2N2O3S. The van der Waals surface area contributed by atoms with E-state index in [1.165, 1.54) is 18.2 Å². The standard InChI is InChI=1S/C19H22Cl2N2O3S/c1-3-4-12-22-18(24)13-23(17-7-5-6-16(20)19(17)21)27(25,26)15-10-8-14(2)9-11-15/h5-11H,3-4,12-13H2,1-2H3,(H,22,24). The van der Waals surface area contributed by atoms with Crippen LogP contribution in [0.25, 0.3) is 0 Å². The molecule has 146 valence electrons. The van der Waals surface area contributed by atoms with E-state index >= 15 is 0 Å². The van der Waals surface area contributed by atoms with Gasteiger partial charge in [0.1, 0.15) is 6.54 Å². The maximum atomic E-state index is 13.2. The minimum absolute atomic E-state index is 0.0745. The number of hydrogen-bond acceptors (Lipinski definition) is 3. The minimum Gasteiger partial charge on any atom is -0.355 e. The summed E-state index contributed by atoms with van der Waals surface area (Å²) in [7, 11) is -4.01. The molecule has 0 atom stereocenters. The average molecular weight is 429 g/mol. The maximum Gasteiger partial charge on any atom is 0.264 e. The predicted molar refractivity (Wildman–Crippen MR) is 110 cm³/mol. The molecule has 0 bridgehead atoms. The Hall–Kier alpha value is -1.76. The molecule has 2 aromatic carbocycles. The fraction of sp³-hybridized carbons (Fsp3) is 0.316. The number of amides is 1. The predicted octanol–water partition coefficient (Wildman–Crippen LogP) is 4.41. The highest BCUT2D eigenvalue weighted by Gasteiger charge is 2.29. The Morgan fingerprint density at radius 2 is 1.78 bits per heavy atom. The lowest BCUT2D eigenvalue weighted by atomic mass is 10.2. The number of nitrogens with zero attached hydrogens (tertiary/aromatic N) is 1. The van der Waals surface area contributed by atoms with Gasteiger partial charge in [0.25, 0.3) is 10.0 Å². The zero-order valence-electron chi connectivity index (χ0n) is 15.2. The number of nitrogens with one attached hydrogen (secondary N) is 1. The van der Waals surface area contributed by atoms with Crippen molar-refractivity contribution in [1.82, 2.24) is 5.32 Å². The number of hydrogen-bond donors (Lipinski definition) is 1. The van der Waals surface area contributed by atoms with Gasteiger partial charge in [-0.15, -0.1) is 0 Å². The van der Waals surface area contributed by atoms with E-state index < -0.39 is 15.9 Å². The van der Waals surface area contributed by atoms with Gasteiger partial charge in [-0.05, 0) is 37.6 Å². The summed E-state index contributed by atoms with van der Waals surface area (Å²) in [6, 6.07) is 11.1. The van der Waals surface area contributed by atoms with Crippen LogP contribution in [-0.2, 0) is 14.8 Å². The Bertz CT molecular complexity index is 900. The molecule has 0 heterocycles. The van der Waals surface area contributed by atoms with E-state index in [2.05, 4.69) is 5.32 Å². The van der Waals surface area contributed by atoms with E-state index in [1.54, 1.807) is 24.3 Å². The van der Waals surface area contributed by atoms with Crippen molar-refractivity contribution in [3.05, 3.63) is 58.1 Å². The van der Waals surface area contributed by atoms with Gasteiger partial charge < -0.3 is 5.32 Å². The summed E-state index contributed by atoms with van der Waals surface area (Å²) < 4.78 is 27.4. The van der Waals surface area contributed by atoms with Crippen LogP contribution in [0, 0.1) is 6.92 Å². The number of anilines is 1. The zero-order chi connectivity index (χ0) is 20.0. The number of benzene rings is 2. The minimum atomic E-state index is -4.01. The highest BCUT2D eigenvalue weighted by atomic mass is 35.5. The third-order valence-corrected chi connectivity index (χ3v) is 6.53. The molecule has 0 aromatic heterocycles. The van der Waals surface area contributed by atoms with Gasteiger partial charge in [-0.3, -0.25) is 9.10 Å². The molecule has 0 saturated heterocycles. The van der Waals surface area contributed by atoms with E-state index in [9.17, 15) is 13.2 Å². The van der Waals surface area contributed by atoms with E-state index in [1.807, 2.05) is 13.8 Å². The van der Waals surface area contributed by atoms with Gasteiger partial charge in [0.2, 0.25) is 5.91 Å². The number of aryl methyl sites for hydroxylation is 1. The van der Waals surface area contributed by atoms with Crippen LogP contribution in [0.15, 0.2) is 47.4 Å². The van der Waals surface area contributed by atoms with Crippen molar-refractivity contribution in [2.45, 2.75) is 31.6 Å². The second kappa shape index (κ2) is 9.44. The molecule has 0 aliphatic rings. The van der Waals surface area contributed by atoms with Crippen LogP contribution in [0.2, 0.25) is 10.0 Å². The molecule has 0 radical (unpaired) electrons. The summed E-state index contributed by atoms with van der Waals surface area (Å²) in [4.78, 5) is 12.4. The number of carbonyl (C=O) groups excluding carboxylic acids is 1. The van der Waals surface area contributed by atoms with Crippen molar-refractivity contribution < 1.29 is 13.2 Å². The Morgan fingerprint density at radius 1 is 1.11 bits per heavy atom. The molecule has 0 unspecified atom stereocenters. The second-order valence-corrected chi connectivity index (χ2v) is 8.75. The topological polar surface area (TPSA) is 66.5 Å². The largest absolute Gasteiger partial charge is 0.355 e. The van der Waals surface area contributed by atoms with E-state index in [-0.39, 0.29) is 27.2 Å². The monoisotopic (exact) mass is 428 g/mol. The lowest BCUT2D eigenvalue weighted by Crippen LogP contribution is -2.41. The Morgan fingerprint density at radius 3 is 2.41 bits per heavy atom. The smallest absolute Gasteiger partial charge is 0.264 e. The lowest BCUT2D eigenvalue weighted by molar-refractivity contribution is -0.119. The third-order valence-electron chi connectivity index (χ3n) is 3.95. The van der Waals surface area contributed by atoms with Crippen molar-refractivity contribution in [2.24, 2.45) is 0 Å². The Kier molecular flexibility index (Phi) is 7.53. The second-order valence-electron chi connectivity index (χ2n) is 6.10. The van der Waals surface area contributed by atoms with Crippen molar-refractivity contribution in [3.63, 3.8) is 0 Å². The summed E-state index contributed by atoms with van der Waals surface area (Å²) >= 11 is 12.3. The van der Waals surface area contributed by atoms with Gasteiger partial charge in [0.05, 0.1) is 20.6 Å². The summed E-state index contributed by atoms with van der Waals surface area (Å²) in [5.74, 6) is -0.407. The molecule has 1 amide bonds. The van der Waals surface area contributed by atoms with Gasteiger partial charge in [-0.1, -0.05) is 60.3 Å². The molecule has 0 saturated carbocycles. The molecule has 27 heavy (non-hydrogen) atoms. The van der Waals surface area contributed by atoms with Crippen molar-refractivity contribution in [2.75, 3.05) is 17.4 Å². The first-order chi connectivity index (χ1) is 12.8. The molecule has 0 spiro atoms. The van der Waals surface area contributed by atoms with Crippen molar-refractivity contribution in [1.29, 1.82) is 0 Å². The van der Waals surface area contributed by atoms with Crippen LogP contribution in [-0.4, -0.2) is 27.4 Å². The fourth-order valence-corrected chi connectivity index (χ4v) is 4.29. The molecule has 0 aliphatic carbocycles. The summed E-state index contributed by atoms with van der Waals surface area (Å²) in [5.41, 5.74) is 1.09. The highest BCUT2D eigenvalue weighted by molar-refractivity contribution is 7.92. The van der Waals surface area contributed by atoms with Crippen LogP contribution in [0.5, 0.6) is 0 Å². The maximum absolute atomic E-state index is 13.2. The van der Waals surface area contributed by atoms with Crippen molar-refractivity contribution >= 4 is 44.8 Å². The quantitative estimate of drug-likeness (QED) is 0.632. The van der Waals surface area contributed by atoms with Crippen LogP contribution in [0.3, 0.4) is 0 Å². The van der Waals surface area contributed by atoms with E-state index in [4.69, 9.17) is 23.2 Å². The van der Waals surface area contributed by atoms with Crippen LogP contribution >= 0.6 is 23.2 Å². The Labute approximate surface area is 170 Å². The summed E-state index contributed by atoms with van der Waals surface area (Å²) in [6.45, 7) is 3.96. The normalized spacial score (nSPS) is 11.3. The number of rotatable bonds is 8. The number of carbonyl (C=O) groups is 1.